The maximum absolute atomic E-state index is 9.38. The molecular formula is C18H15N3O. The largest absolute Gasteiger partial charge is 0.388 e. The van der Waals surface area contributed by atoms with Gasteiger partial charge in [0.1, 0.15) is 17.9 Å². The molecule has 0 radical (unpaired) electrons. The van der Waals surface area contributed by atoms with Crippen LogP contribution in [0.4, 0.5) is 0 Å². The fourth-order valence-electron chi connectivity index (χ4n) is 2.79. The van der Waals surface area contributed by atoms with E-state index in [1.807, 2.05) is 42.5 Å². The summed E-state index contributed by atoms with van der Waals surface area (Å²) in [7, 11) is 0. The number of fused-ring (bicyclic) bond motifs is 3. The number of aromatic nitrogens is 3. The maximum Gasteiger partial charge on any atom is 0.133 e. The number of hydrogen-bond donors (Lipinski definition) is 2. The van der Waals surface area contributed by atoms with E-state index in [2.05, 4.69) is 22.1 Å². The number of nitrogens with one attached hydrogen (secondary N) is 1. The van der Waals surface area contributed by atoms with E-state index in [-0.39, 0.29) is 6.61 Å². The normalized spacial score (nSPS) is 11.3. The monoisotopic (exact) mass is 289 g/mol. The number of aliphatic hydroxyl groups excluding tert-OH is 1. The van der Waals surface area contributed by atoms with E-state index in [0.717, 1.165) is 34.1 Å². The fourth-order valence-corrected chi connectivity index (χ4v) is 2.79. The number of rotatable bonds is 3. The van der Waals surface area contributed by atoms with Gasteiger partial charge in [0.25, 0.3) is 0 Å². The highest BCUT2D eigenvalue weighted by atomic mass is 16.3. The van der Waals surface area contributed by atoms with Crippen LogP contribution in [0.1, 0.15) is 17.1 Å². The van der Waals surface area contributed by atoms with Gasteiger partial charge in [0.2, 0.25) is 0 Å². The van der Waals surface area contributed by atoms with Gasteiger partial charge in [0, 0.05) is 11.8 Å². The quantitative estimate of drug-likeness (QED) is 0.609. The first-order valence-electron chi connectivity index (χ1n) is 7.26. The summed E-state index contributed by atoms with van der Waals surface area (Å²) in [6.45, 7) is -0.103. The van der Waals surface area contributed by atoms with Crippen molar-refractivity contribution in [3.63, 3.8) is 0 Å². The van der Waals surface area contributed by atoms with E-state index >= 15 is 0 Å². The van der Waals surface area contributed by atoms with E-state index in [9.17, 15) is 5.11 Å². The van der Waals surface area contributed by atoms with Crippen molar-refractivity contribution < 1.29 is 5.11 Å². The molecule has 108 valence electrons. The van der Waals surface area contributed by atoms with E-state index in [1.165, 1.54) is 5.56 Å². The number of aromatic amines is 1. The molecule has 0 saturated heterocycles. The topological polar surface area (TPSA) is 61.8 Å². The molecule has 2 N–H and O–H groups in total. The Kier molecular flexibility index (Phi) is 3.09. The molecule has 2 heterocycles. The third kappa shape index (κ3) is 2.14. The molecule has 0 unspecified atom stereocenters. The summed E-state index contributed by atoms with van der Waals surface area (Å²) < 4.78 is 0. The maximum atomic E-state index is 9.38. The van der Waals surface area contributed by atoms with Crippen LogP contribution in [0.2, 0.25) is 0 Å². The summed E-state index contributed by atoms with van der Waals surface area (Å²) in [4.78, 5) is 12.5. The Labute approximate surface area is 127 Å². The smallest absolute Gasteiger partial charge is 0.133 e. The molecule has 0 saturated carbocycles. The fraction of sp³-hybridized carbons (Fsp3) is 0.111. The van der Waals surface area contributed by atoms with Crippen LogP contribution in [0.3, 0.4) is 0 Å². The van der Waals surface area contributed by atoms with Gasteiger partial charge in [-0.1, -0.05) is 48.5 Å². The first-order valence-corrected chi connectivity index (χ1v) is 7.26. The summed E-state index contributed by atoms with van der Waals surface area (Å²) >= 11 is 0. The van der Waals surface area contributed by atoms with Gasteiger partial charge in [-0.3, -0.25) is 4.98 Å². The summed E-state index contributed by atoms with van der Waals surface area (Å²) in [6.07, 6.45) is 0.720. The average molecular weight is 289 g/mol. The molecule has 0 fully saturated rings. The highest BCUT2D eigenvalue weighted by Gasteiger charge is 2.13. The molecule has 0 atom stereocenters. The molecule has 0 amide bonds. The molecule has 4 nitrogen and oxygen atoms in total. The lowest BCUT2D eigenvalue weighted by Gasteiger charge is -2.05. The molecule has 4 aromatic rings. The van der Waals surface area contributed by atoms with E-state index in [4.69, 9.17) is 4.98 Å². The SMILES string of the molecule is OCc1nc2c(Cc3ccccc3)nc3ccccc3c2[nH]1. The molecule has 2 aromatic heterocycles. The summed E-state index contributed by atoms with van der Waals surface area (Å²) in [6, 6.07) is 18.2. The second kappa shape index (κ2) is 5.24. The predicted octanol–water partition coefficient (Wildman–Crippen LogP) is 3.19. The number of benzene rings is 2. The van der Waals surface area contributed by atoms with Crippen LogP contribution in [0.5, 0.6) is 0 Å². The Morgan fingerprint density at radius 3 is 2.50 bits per heavy atom. The van der Waals surface area contributed by atoms with Gasteiger partial charge in [0.15, 0.2) is 0 Å². The summed E-state index contributed by atoms with van der Waals surface area (Å²) in [5, 5.41) is 10.4. The van der Waals surface area contributed by atoms with Crippen molar-refractivity contribution >= 4 is 21.9 Å². The van der Waals surface area contributed by atoms with Crippen molar-refractivity contribution in [1.82, 2.24) is 15.0 Å². The molecule has 4 heteroatoms. The van der Waals surface area contributed by atoms with Crippen LogP contribution in [-0.2, 0) is 13.0 Å². The lowest BCUT2D eigenvalue weighted by atomic mass is 10.1. The van der Waals surface area contributed by atoms with Crippen LogP contribution in [-0.4, -0.2) is 20.1 Å². The first-order chi connectivity index (χ1) is 10.8. The molecule has 4 rings (SSSR count). The molecule has 0 aliphatic rings. The summed E-state index contributed by atoms with van der Waals surface area (Å²) in [5.41, 5.74) is 4.84. The second-order valence-corrected chi connectivity index (χ2v) is 5.30. The minimum absolute atomic E-state index is 0.103. The highest BCUT2D eigenvalue weighted by Crippen LogP contribution is 2.26. The molecule has 0 spiro atoms. The minimum Gasteiger partial charge on any atom is -0.388 e. The molecule has 2 aromatic carbocycles. The van der Waals surface area contributed by atoms with E-state index in [0.29, 0.717) is 5.82 Å². The van der Waals surface area contributed by atoms with Gasteiger partial charge >= 0.3 is 0 Å². The molecule has 0 aliphatic carbocycles. The van der Waals surface area contributed by atoms with Gasteiger partial charge in [0.05, 0.1) is 16.7 Å². The van der Waals surface area contributed by atoms with Gasteiger partial charge in [-0.15, -0.1) is 0 Å². The van der Waals surface area contributed by atoms with Crippen molar-refractivity contribution in [2.45, 2.75) is 13.0 Å². The molecule has 0 aliphatic heterocycles. The first kappa shape index (κ1) is 13.0. The van der Waals surface area contributed by atoms with Gasteiger partial charge in [-0.05, 0) is 11.6 Å². The zero-order valence-corrected chi connectivity index (χ0v) is 12.0. The molecular weight excluding hydrogens is 274 g/mol. The zero-order valence-electron chi connectivity index (χ0n) is 12.0. The van der Waals surface area contributed by atoms with Crippen molar-refractivity contribution in [2.75, 3.05) is 0 Å². The number of imidazole rings is 1. The highest BCUT2D eigenvalue weighted by molar-refractivity contribution is 6.03. The third-order valence-corrected chi connectivity index (χ3v) is 3.82. The molecule has 0 bridgehead atoms. The summed E-state index contributed by atoms with van der Waals surface area (Å²) in [5.74, 6) is 0.572. The Morgan fingerprint density at radius 1 is 0.909 bits per heavy atom. The standard InChI is InChI=1S/C18H15N3O/c22-11-16-20-17-13-8-4-5-9-14(13)19-15(18(17)21-16)10-12-6-2-1-3-7-12/h1-9,22H,10-11H2,(H,20,21). The van der Waals surface area contributed by atoms with Crippen molar-refractivity contribution in [3.8, 4) is 0 Å². The van der Waals surface area contributed by atoms with Gasteiger partial charge in [-0.25, -0.2) is 4.98 Å². The van der Waals surface area contributed by atoms with E-state index < -0.39 is 0 Å². The van der Waals surface area contributed by atoms with Crippen molar-refractivity contribution in [1.29, 1.82) is 0 Å². The second-order valence-electron chi connectivity index (χ2n) is 5.30. The lowest BCUT2D eigenvalue weighted by molar-refractivity contribution is 0.273. The van der Waals surface area contributed by atoms with Crippen LogP contribution < -0.4 is 0 Å². The lowest BCUT2D eigenvalue weighted by Crippen LogP contribution is -1.95. The van der Waals surface area contributed by atoms with Crippen LogP contribution in [0.25, 0.3) is 21.9 Å². The number of nitrogens with zero attached hydrogens (tertiary/aromatic N) is 2. The van der Waals surface area contributed by atoms with Gasteiger partial charge in [-0.2, -0.15) is 0 Å². The van der Waals surface area contributed by atoms with Crippen LogP contribution in [0.15, 0.2) is 54.6 Å². The Hall–Kier alpha value is -2.72. The number of para-hydroxylation sites is 1. The number of pyridine rings is 1. The average Bonchev–Trinajstić information content (AvgIpc) is 3.01. The zero-order chi connectivity index (χ0) is 14.9. The Bertz CT molecular complexity index is 945. The Morgan fingerprint density at radius 2 is 1.68 bits per heavy atom. The van der Waals surface area contributed by atoms with Crippen molar-refractivity contribution in [2.24, 2.45) is 0 Å². The van der Waals surface area contributed by atoms with Crippen LogP contribution >= 0.6 is 0 Å². The molecule has 22 heavy (non-hydrogen) atoms. The number of H-pyrrole nitrogens is 1. The minimum atomic E-state index is -0.103. The Balaban J connectivity index is 1.97. The number of aliphatic hydroxyl groups is 1. The van der Waals surface area contributed by atoms with Gasteiger partial charge < -0.3 is 10.1 Å². The third-order valence-electron chi connectivity index (χ3n) is 3.82. The predicted molar refractivity (Wildman–Crippen MR) is 86.6 cm³/mol. The van der Waals surface area contributed by atoms with E-state index in [1.54, 1.807) is 0 Å². The van der Waals surface area contributed by atoms with Crippen LogP contribution in [0, 0.1) is 0 Å². The van der Waals surface area contributed by atoms with Crippen molar-refractivity contribution in [3.05, 3.63) is 71.7 Å². The number of hydrogen-bond acceptors (Lipinski definition) is 3.